The van der Waals surface area contributed by atoms with Crippen LogP contribution < -0.4 is 4.90 Å². The average molecular weight is 437 g/mol. The number of benzene rings is 1. The molecule has 0 N–H and O–H groups in total. The number of unbranched alkanes of at least 4 members (excludes halogenated alkanes) is 1. The molecular weight excluding hydrogens is 400 g/mol. The minimum absolute atomic E-state index is 0.0806. The summed E-state index contributed by atoms with van der Waals surface area (Å²) in [6.07, 6.45) is 7.06. The molecule has 31 heavy (non-hydrogen) atoms. The lowest BCUT2D eigenvalue weighted by molar-refractivity contribution is -0.115. The molecule has 0 fully saturated rings. The fourth-order valence-electron chi connectivity index (χ4n) is 3.72. The van der Waals surface area contributed by atoms with Crippen LogP contribution >= 0.6 is 11.3 Å². The number of hydrogen-bond acceptors (Lipinski definition) is 4. The van der Waals surface area contributed by atoms with Crippen LogP contribution in [0.15, 0.2) is 41.3 Å². The van der Waals surface area contributed by atoms with Crippen molar-refractivity contribution in [1.29, 1.82) is 5.26 Å². The fourth-order valence-corrected chi connectivity index (χ4v) is 4.48. The van der Waals surface area contributed by atoms with Crippen LogP contribution in [0.5, 0.6) is 0 Å². The number of Topliss-reactive ketones (excluding diaryl/α,β-unsaturated/α-hetero) is 1. The maximum Gasteiger partial charge on any atom is 0.173 e. The van der Waals surface area contributed by atoms with Crippen molar-refractivity contribution in [3.05, 3.63) is 52.4 Å². The zero-order valence-electron chi connectivity index (χ0n) is 19.6. The Balaban J connectivity index is 2.33. The lowest BCUT2D eigenvalue weighted by Crippen LogP contribution is -2.24. The molecule has 1 unspecified atom stereocenters. The number of aryl methyl sites for hydroxylation is 1. The standard InChI is InChI=1S/C27H36N2OS/c1-6-8-10-22(7-2)19-29(27-11-9-14-31-27)25-13-12-23(21(5)16-25)17-24(18-28)26(30)15-20(3)4/h9,11-14,16-17,20,22H,6-8,10,15,19H2,1-5H3. The Bertz CT molecular complexity index is 906. The number of nitriles is 1. The van der Waals surface area contributed by atoms with Crippen LogP contribution in [0.3, 0.4) is 0 Å². The molecule has 0 radical (unpaired) electrons. The summed E-state index contributed by atoms with van der Waals surface area (Å²) in [6, 6.07) is 12.7. The van der Waals surface area contributed by atoms with E-state index in [-0.39, 0.29) is 17.3 Å². The van der Waals surface area contributed by atoms with Gasteiger partial charge < -0.3 is 4.90 Å². The predicted octanol–water partition coefficient (Wildman–Crippen LogP) is 7.93. The molecule has 0 aliphatic rings. The number of rotatable bonds is 12. The highest BCUT2D eigenvalue weighted by Crippen LogP contribution is 2.33. The zero-order chi connectivity index (χ0) is 22.8. The molecule has 1 aromatic heterocycles. The number of carbonyl (C=O) groups excluding carboxylic acids is 1. The lowest BCUT2D eigenvalue weighted by atomic mass is 9.97. The number of ketones is 1. The summed E-state index contributed by atoms with van der Waals surface area (Å²) in [6.45, 7) is 11.6. The smallest absolute Gasteiger partial charge is 0.173 e. The van der Waals surface area contributed by atoms with Crippen LogP contribution in [0.2, 0.25) is 0 Å². The summed E-state index contributed by atoms with van der Waals surface area (Å²) in [7, 11) is 0. The van der Waals surface area contributed by atoms with Crippen LogP contribution in [0.1, 0.15) is 70.9 Å². The summed E-state index contributed by atoms with van der Waals surface area (Å²) < 4.78 is 0. The average Bonchev–Trinajstić information content (AvgIpc) is 3.27. The number of thiophene rings is 1. The van der Waals surface area contributed by atoms with Gasteiger partial charge in [-0.1, -0.05) is 53.0 Å². The van der Waals surface area contributed by atoms with E-state index in [1.165, 1.54) is 36.4 Å². The van der Waals surface area contributed by atoms with E-state index in [1.807, 2.05) is 19.9 Å². The Morgan fingerprint density at radius 2 is 2.03 bits per heavy atom. The van der Waals surface area contributed by atoms with Crippen molar-refractivity contribution >= 4 is 33.9 Å². The fraction of sp³-hybridized carbons (Fsp3) is 0.481. The van der Waals surface area contributed by atoms with Crippen LogP contribution in [0.4, 0.5) is 10.7 Å². The molecule has 3 nitrogen and oxygen atoms in total. The van der Waals surface area contributed by atoms with Crippen LogP contribution in [0, 0.1) is 30.1 Å². The molecule has 0 saturated carbocycles. The largest absolute Gasteiger partial charge is 0.333 e. The van der Waals surface area contributed by atoms with Gasteiger partial charge in [0.05, 0.1) is 10.6 Å². The second-order valence-corrected chi connectivity index (χ2v) is 9.64. The quantitative estimate of drug-likeness (QED) is 0.250. The molecule has 0 saturated heterocycles. The van der Waals surface area contributed by atoms with Gasteiger partial charge in [0.1, 0.15) is 6.07 Å². The number of carbonyl (C=O) groups is 1. The van der Waals surface area contributed by atoms with Crippen LogP contribution in [-0.2, 0) is 4.79 Å². The number of nitrogens with zero attached hydrogens (tertiary/aromatic N) is 2. The highest BCUT2D eigenvalue weighted by Gasteiger charge is 2.17. The van der Waals surface area contributed by atoms with Crippen molar-refractivity contribution in [3.8, 4) is 6.07 Å². The van der Waals surface area contributed by atoms with Gasteiger partial charge in [0, 0.05) is 18.7 Å². The van der Waals surface area contributed by atoms with Crippen molar-refractivity contribution < 1.29 is 4.79 Å². The molecule has 1 heterocycles. The van der Waals surface area contributed by atoms with E-state index in [4.69, 9.17) is 0 Å². The van der Waals surface area contributed by atoms with Gasteiger partial charge in [0.25, 0.3) is 0 Å². The first-order valence-corrected chi connectivity index (χ1v) is 12.3. The Hall–Kier alpha value is -2.38. The molecule has 0 bridgehead atoms. The van der Waals surface area contributed by atoms with Gasteiger partial charge in [0.15, 0.2) is 5.78 Å². The Morgan fingerprint density at radius 1 is 1.26 bits per heavy atom. The monoisotopic (exact) mass is 436 g/mol. The highest BCUT2D eigenvalue weighted by molar-refractivity contribution is 7.14. The molecule has 1 aromatic carbocycles. The Kier molecular flexibility index (Phi) is 10.0. The molecule has 0 aliphatic heterocycles. The summed E-state index contributed by atoms with van der Waals surface area (Å²) in [5.74, 6) is 0.815. The molecule has 2 aromatic rings. The summed E-state index contributed by atoms with van der Waals surface area (Å²) in [4.78, 5) is 14.8. The third-order valence-corrected chi connectivity index (χ3v) is 6.53. The topological polar surface area (TPSA) is 44.1 Å². The number of anilines is 2. The maximum absolute atomic E-state index is 12.4. The third kappa shape index (κ3) is 7.36. The van der Waals surface area contributed by atoms with Gasteiger partial charge in [-0.15, -0.1) is 11.3 Å². The van der Waals surface area contributed by atoms with E-state index in [0.717, 1.165) is 17.7 Å². The van der Waals surface area contributed by atoms with E-state index in [0.29, 0.717) is 12.3 Å². The Morgan fingerprint density at radius 3 is 2.58 bits per heavy atom. The normalized spacial score (nSPS) is 12.6. The Labute approximate surface area is 192 Å². The second-order valence-electron chi connectivity index (χ2n) is 8.71. The summed E-state index contributed by atoms with van der Waals surface area (Å²) in [5, 5.41) is 12.9. The van der Waals surface area contributed by atoms with Crippen LogP contribution in [-0.4, -0.2) is 12.3 Å². The van der Waals surface area contributed by atoms with Crippen molar-refractivity contribution in [2.75, 3.05) is 11.4 Å². The molecule has 2 rings (SSSR count). The van der Waals surface area contributed by atoms with Crippen molar-refractivity contribution in [2.24, 2.45) is 11.8 Å². The van der Waals surface area contributed by atoms with Gasteiger partial charge in [-0.2, -0.15) is 5.26 Å². The van der Waals surface area contributed by atoms with E-state index >= 15 is 0 Å². The molecule has 1 atom stereocenters. The van der Waals surface area contributed by atoms with Gasteiger partial charge in [-0.3, -0.25) is 4.79 Å². The van der Waals surface area contributed by atoms with E-state index in [2.05, 4.69) is 61.4 Å². The lowest BCUT2D eigenvalue weighted by Gasteiger charge is -2.28. The summed E-state index contributed by atoms with van der Waals surface area (Å²) in [5.41, 5.74) is 3.41. The van der Waals surface area contributed by atoms with Crippen molar-refractivity contribution in [2.45, 2.75) is 66.7 Å². The third-order valence-electron chi connectivity index (χ3n) is 5.64. The first kappa shape index (κ1) is 24.9. The highest BCUT2D eigenvalue weighted by atomic mass is 32.1. The molecule has 0 aliphatic carbocycles. The summed E-state index contributed by atoms with van der Waals surface area (Å²) >= 11 is 1.76. The second kappa shape index (κ2) is 12.5. The first-order chi connectivity index (χ1) is 14.9. The van der Waals surface area contributed by atoms with Gasteiger partial charge in [0.2, 0.25) is 0 Å². The van der Waals surface area contributed by atoms with Crippen molar-refractivity contribution in [1.82, 2.24) is 0 Å². The van der Waals surface area contributed by atoms with Crippen LogP contribution in [0.25, 0.3) is 6.08 Å². The maximum atomic E-state index is 12.4. The van der Waals surface area contributed by atoms with E-state index in [9.17, 15) is 10.1 Å². The first-order valence-electron chi connectivity index (χ1n) is 11.5. The molecule has 4 heteroatoms. The zero-order valence-corrected chi connectivity index (χ0v) is 20.5. The van der Waals surface area contributed by atoms with E-state index in [1.54, 1.807) is 17.4 Å². The van der Waals surface area contributed by atoms with Gasteiger partial charge in [-0.05, 0) is 72.0 Å². The minimum Gasteiger partial charge on any atom is -0.333 e. The number of allylic oxidation sites excluding steroid dienone is 1. The SMILES string of the molecule is CCCCC(CC)CN(c1ccc(C=C(C#N)C(=O)CC(C)C)c(C)c1)c1cccs1. The molecule has 0 spiro atoms. The molecular formula is C27H36N2OS. The predicted molar refractivity (Wildman–Crippen MR) is 134 cm³/mol. The van der Waals surface area contributed by atoms with Gasteiger partial charge in [-0.25, -0.2) is 0 Å². The minimum atomic E-state index is -0.0806. The van der Waals surface area contributed by atoms with E-state index < -0.39 is 0 Å². The molecule has 0 amide bonds. The molecule has 166 valence electrons. The number of hydrogen-bond donors (Lipinski definition) is 0. The van der Waals surface area contributed by atoms with Crippen molar-refractivity contribution in [3.63, 3.8) is 0 Å². The van der Waals surface area contributed by atoms with Gasteiger partial charge >= 0.3 is 0 Å².